The number of nitriles is 1. The van der Waals surface area contributed by atoms with Crippen LogP contribution in [0.4, 0.5) is 5.69 Å². The second-order valence-electron chi connectivity index (χ2n) is 2.58. The molecule has 0 amide bonds. The Morgan fingerprint density at radius 2 is 1.92 bits per heavy atom. The van der Waals surface area contributed by atoms with Crippen molar-refractivity contribution in [1.29, 1.82) is 5.26 Å². The summed E-state index contributed by atoms with van der Waals surface area (Å²) in [6.45, 7) is 0. The average molecular weight is 194 g/mol. The highest BCUT2D eigenvalue weighted by molar-refractivity contribution is 7.85. The minimum absolute atomic E-state index is 0.610. The summed E-state index contributed by atoms with van der Waals surface area (Å²) in [5.74, 6) is 0. The molecule has 4 heteroatoms. The Labute approximate surface area is 80.2 Å². The van der Waals surface area contributed by atoms with E-state index in [2.05, 4.69) is 0 Å². The van der Waals surface area contributed by atoms with Gasteiger partial charge in [-0.05, 0) is 24.3 Å². The fourth-order valence-electron chi connectivity index (χ4n) is 0.894. The third-order valence-corrected chi connectivity index (χ3v) is 2.73. The highest BCUT2D eigenvalue weighted by Crippen LogP contribution is 2.13. The molecule has 0 saturated carbocycles. The first-order chi connectivity index (χ1) is 6.15. The Hall–Kier alpha value is -1.34. The first-order valence-corrected chi connectivity index (χ1v) is 5.24. The monoisotopic (exact) mass is 194 g/mol. The van der Waals surface area contributed by atoms with E-state index in [1.807, 2.05) is 6.07 Å². The second kappa shape index (κ2) is 4.06. The Morgan fingerprint density at radius 1 is 1.38 bits per heavy atom. The third kappa shape index (κ3) is 2.30. The summed E-state index contributed by atoms with van der Waals surface area (Å²) in [6.07, 6.45) is 1.61. The van der Waals surface area contributed by atoms with E-state index in [9.17, 15) is 4.21 Å². The van der Waals surface area contributed by atoms with Gasteiger partial charge in [0.2, 0.25) is 0 Å². The van der Waals surface area contributed by atoms with Crippen LogP contribution in [0, 0.1) is 11.3 Å². The van der Waals surface area contributed by atoms with Gasteiger partial charge >= 0.3 is 0 Å². The number of benzene rings is 1. The van der Waals surface area contributed by atoms with Crippen molar-refractivity contribution < 1.29 is 4.21 Å². The van der Waals surface area contributed by atoms with Crippen LogP contribution in [0.1, 0.15) is 5.56 Å². The molecule has 1 aromatic carbocycles. The van der Waals surface area contributed by atoms with Gasteiger partial charge in [-0.1, -0.05) is 0 Å². The molecular formula is C9H10N2OS. The minimum Gasteiger partial charge on any atom is -0.295 e. The van der Waals surface area contributed by atoms with Crippen LogP contribution in [0.5, 0.6) is 0 Å². The molecule has 0 N–H and O–H groups in total. The maximum atomic E-state index is 11.1. The lowest BCUT2D eigenvalue weighted by molar-refractivity contribution is 0.685. The fourth-order valence-corrected chi connectivity index (χ4v) is 1.31. The Kier molecular flexibility index (Phi) is 3.04. The van der Waals surface area contributed by atoms with Gasteiger partial charge in [0.25, 0.3) is 0 Å². The second-order valence-corrected chi connectivity index (χ2v) is 3.98. The van der Waals surface area contributed by atoms with E-state index in [1.165, 1.54) is 0 Å². The van der Waals surface area contributed by atoms with E-state index in [1.54, 1.807) is 41.9 Å². The summed E-state index contributed by atoms with van der Waals surface area (Å²) in [4.78, 5) is 0. The van der Waals surface area contributed by atoms with Gasteiger partial charge in [-0.2, -0.15) is 5.26 Å². The smallest absolute Gasteiger partial charge is 0.116 e. The third-order valence-electron chi connectivity index (χ3n) is 1.75. The van der Waals surface area contributed by atoms with Crippen molar-refractivity contribution in [2.45, 2.75) is 0 Å². The number of nitrogens with zero attached hydrogens (tertiary/aromatic N) is 2. The van der Waals surface area contributed by atoms with Gasteiger partial charge in [-0.25, -0.2) is 4.21 Å². The molecule has 1 aromatic rings. The van der Waals surface area contributed by atoms with Gasteiger partial charge in [0.05, 0.1) is 11.6 Å². The molecule has 1 unspecified atom stereocenters. The highest BCUT2D eigenvalue weighted by atomic mass is 32.2. The summed E-state index contributed by atoms with van der Waals surface area (Å²) >= 11 is 0. The average Bonchev–Trinajstić information content (AvgIpc) is 2.17. The topological polar surface area (TPSA) is 44.1 Å². The molecule has 0 heterocycles. The van der Waals surface area contributed by atoms with Crippen LogP contribution in [0.25, 0.3) is 0 Å². The van der Waals surface area contributed by atoms with Gasteiger partial charge in [-0.3, -0.25) is 4.31 Å². The molecule has 0 spiro atoms. The first-order valence-electron chi connectivity index (χ1n) is 3.72. The highest BCUT2D eigenvalue weighted by Gasteiger charge is 2.02. The summed E-state index contributed by atoms with van der Waals surface area (Å²) in [6, 6.07) is 9.00. The summed E-state index contributed by atoms with van der Waals surface area (Å²) in [5, 5.41) is 8.55. The molecule has 0 aliphatic heterocycles. The zero-order chi connectivity index (χ0) is 9.84. The zero-order valence-corrected chi connectivity index (χ0v) is 8.34. The maximum absolute atomic E-state index is 11.1. The van der Waals surface area contributed by atoms with Crippen LogP contribution < -0.4 is 4.31 Å². The molecule has 13 heavy (non-hydrogen) atoms. The Balaban J connectivity index is 2.93. The van der Waals surface area contributed by atoms with Crippen molar-refractivity contribution in [3.63, 3.8) is 0 Å². The van der Waals surface area contributed by atoms with Crippen LogP contribution in [-0.2, 0) is 11.0 Å². The minimum atomic E-state index is -1.02. The molecule has 68 valence electrons. The van der Waals surface area contributed by atoms with Gasteiger partial charge < -0.3 is 0 Å². The predicted molar refractivity (Wildman–Crippen MR) is 53.6 cm³/mol. The molecule has 0 radical (unpaired) electrons. The van der Waals surface area contributed by atoms with Crippen LogP contribution in [0.3, 0.4) is 0 Å². The van der Waals surface area contributed by atoms with Gasteiger partial charge in [0.1, 0.15) is 11.0 Å². The largest absolute Gasteiger partial charge is 0.295 e. The van der Waals surface area contributed by atoms with Gasteiger partial charge in [0.15, 0.2) is 0 Å². The number of rotatable bonds is 2. The number of hydrogen-bond acceptors (Lipinski definition) is 2. The summed E-state index contributed by atoms with van der Waals surface area (Å²) < 4.78 is 12.7. The van der Waals surface area contributed by atoms with E-state index >= 15 is 0 Å². The van der Waals surface area contributed by atoms with Crippen LogP contribution in [0.15, 0.2) is 24.3 Å². The van der Waals surface area contributed by atoms with Crippen LogP contribution in [-0.4, -0.2) is 17.5 Å². The van der Waals surface area contributed by atoms with Gasteiger partial charge in [0, 0.05) is 19.0 Å². The Bertz CT molecular complexity index is 353. The standard InChI is InChI=1S/C9H10N2OS/c1-11(13(2)12)9-5-3-8(7-10)4-6-9/h3-6H,1-2H3. The summed E-state index contributed by atoms with van der Waals surface area (Å²) in [7, 11) is 0.728. The van der Waals surface area contributed by atoms with Crippen molar-refractivity contribution in [2.24, 2.45) is 0 Å². The Morgan fingerprint density at radius 3 is 2.31 bits per heavy atom. The van der Waals surface area contributed by atoms with E-state index in [0.717, 1.165) is 5.69 Å². The molecular weight excluding hydrogens is 184 g/mol. The SMILES string of the molecule is CN(c1ccc(C#N)cc1)S(C)=O. The molecule has 0 fully saturated rings. The first kappa shape index (κ1) is 9.75. The predicted octanol–water partition coefficient (Wildman–Crippen LogP) is 1.29. The molecule has 0 bridgehead atoms. The maximum Gasteiger partial charge on any atom is 0.116 e. The fraction of sp³-hybridized carbons (Fsp3) is 0.222. The molecule has 0 aliphatic rings. The van der Waals surface area contributed by atoms with Crippen molar-refractivity contribution in [2.75, 3.05) is 17.6 Å². The lowest BCUT2D eigenvalue weighted by atomic mass is 10.2. The normalized spacial score (nSPS) is 11.8. The number of hydrogen-bond donors (Lipinski definition) is 0. The summed E-state index contributed by atoms with van der Waals surface area (Å²) in [5.41, 5.74) is 1.46. The number of anilines is 1. The molecule has 0 saturated heterocycles. The van der Waals surface area contributed by atoms with Gasteiger partial charge in [-0.15, -0.1) is 0 Å². The van der Waals surface area contributed by atoms with E-state index in [4.69, 9.17) is 5.26 Å². The van der Waals surface area contributed by atoms with Crippen LogP contribution in [0.2, 0.25) is 0 Å². The molecule has 0 aliphatic carbocycles. The van der Waals surface area contributed by atoms with E-state index in [-0.39, 0.29) is 0 Å². The van der Waals surface area contributed by atoms with Crippen molar-refractivity contribution in [1.82, 2.24) is 0 Å². The quantitative estimate of drug-likeness (QED) is 0.712. The van der Waals surface area contributed by atoms with E-state index in [0.29, 0.717) is 5.56 Å². The van der Waals surface area contributed by atoms with Crippen molar-refractivity contribution >= 4 is 16.7 Å². The van der Waals surface area contributed by atoms with Crippen molar-refractivity contribution in [3.8, 4) is 6.07 Å². The molecule has 0 aromatic heterocycles. The lowest BCUT2D eigenvalue weighted by Gasteiger charge is -2.14. The lowest BCUT2D eigenvalue weighted by Crippen LogP contribution is -2.18. The van der Waals surface area contributed by atoms with Crippen LogP contribution >= 0.6 is 0 Å². The zero-order valence-electron chi connectivity index (χ0n) is 7.52. The van der Waals surface area contributed by atoms with E-state index < -0.39 is 11.0 Å². The molecule has 3 nitrogen and oxygen atoms in total. The molecule has 1 atom stereocenters. The van der Waals surface area contributed by atoms with Crippen molar-refractivity contribution in [3.05, 3.63) is 29.8 Å². The molecule has 1 rings (SSSR count).